The summed E-state index contributed by atoms with van der Waals surface area (Å²) in [6.07, 6.45) is 2.21. The van der Waals surface area contributed by atoms with Gasteiger partial charge in [0.25, 0.3) is 0 Å². The van der Waals surface area contributed by atoms with Gasteiger partial charge in [0.1, 0.15) is 0 Å². The van der Waals surface area contributed by atoms with Crippen molar-refractivity contribution in [2.24, 2.45) is 0 Å². The Balaban J connectivity index is 1.75. The SMILES string of the molecule is O=C(CNCc1ccc(Cl)cc1Cl)NC1CC1. The Labute approximate surface area is 110 Å². The lowest BCUT2D eigenvalue weighted by atomic mass is 10.2. The van der Waals surface area contributed by atoms with Crippen LogP contribution < -0.4 is 10.6 Å². The molecule has 0 saturated heterocycles. The van der Waals surface area contributed by atoms with Crippen LogP contribution in [0.2, 0.25) is 10.0 Å². The van der Waals surface area contributed by atoms with E-state index in [0.717, 1.165) is 18.4 Å². The highest BCUT2D eigenvalue weighted by Gasteiger charge is 2.22. The van der Waals surface area contributed by atoms with Gasteiger partial charge in [0.05, 0.1) is 6.54 Å². The van der Waals surface area contributed by atoms with Gasteiger partial charge in [0.2, 0.25) is 5.91 Å². The Bertz CT molecular complexity index is 419. The first-order valence-corrected chi connectivity index (χ1v) is 6.35. The number of hydrogen-bond donors (Lipinski definition) is 2. The Morgan fingerprint density at radius 2 is 2.12 bits per heavy atom. The van der Waals surface area contributed by atoms with E-state index in [4.69, 9.17) is 23.2 Å². The zero-order valence-corrected chi connectivity index (χ0v) is 10.8. The van der Waals surface area contributed by atoms with Crippen LogP contribution in [-0.2, 0) is 11.3 Å². The number of amides is 1. The molecule has 0 atom stereocenters. The molecule has 0 aromatic heterocycles. The molecular weight excluding hydrogens is 259 g/mol. The molecule has 1 aliphatic rings. The number of carbonyl (C=O) groups is 1. The quantitative estimate of drug-likeness (QED) is 0.864. The Morgan fingerprint density at radius 1 is 1.35 bits per heavy atom. The van der Waals surface area contributed by atoms with E-state index in [0.29, 0.717) is 29.2 Å². The first kappa shape index (κ1) is 12.7. The summed E-state index contributed by atoms with van der Waals surface area (Å²) in [5.41, 5.74) is 0.940. The highest BCUT2D eigenvalue weighted by molar-refractivity contribution is 6.35. The molecule has 1 aromatic rings. The van der Waals surface area contributed by atoms with Gasteiger partial charge in [-0.3, -0.25) is 4.79 Å². The van der Waals surface area contributed by atoms with Crippen molar-refractivity contribution in [1.82, 2.24) is 10.6 Å². The van der Waals surface area contributed by atoms with Crippen LogP contribution in [0.4, 0.5) is 0 Å². The molecule has 1 aromatic carbocycles. The highest BCUT2D eigenvalue weighted by atomic mass is 35.5. The summed E-state index contributed by atoms with van der Waals surface area (Å²) in [5, 5.41) is 7.20. The van der Waals surface area contributed by atoms with Gasteiger partial charge >= 0.3 is 0 Å². The molecule has 17 heavy (non-hydrogen) atoms. The van der Waals surface area contributed by atoms with Crippen molar-refractivity contribution in [3.05, 3.63) is 33.8 Å². The zero-order chi connectivity index (χ0) is 12.3. The van der Waals surface area contributed by atoms with Crippen LogP contribution in [0.15, 0.2) is 18.2 Å². The van der Waals surface area contributed by atoms with Crippen LogP contribution in [0.1, 0.15) is 18.4 Å². The van der Waals surface area contributed by atoms with Crippen LogP contribution in [0.25, 0.3) is 0 Å². The van der Waals surface area contributed by atoms with Gasteiger partial charge in [0.15, 0.2) is 0 Å². The van der Waals surface area contributed by atoms with Crippen molar-refractivity contribution in [3.63, 3.8) is 0 Å². The van der Waals surface area contributed by atoms with Crippen LogP contribution in [0.5, 0.6) is 0 Å². The fourth-order valence-corrected chi connectivity index (χ4v) is 1.96. The predicted octanol–water partition coefficient (Wildman–Crippen LogP) is 2.36. The number of halogens is 2. The molecule has 0 radical (unpaired) electrons. The maximum atomic E-state index is 11.4. The van der Waals surface area contributed by atoms with Gasteiger partial charge < -0.3 is 10.6 Å². The van der Waals surface area contributed by atoms with Crippen molar-refractivity contribution in [2.75, 3.05) is 6.54 Å². The second kappa shape index (κ2) is 5.71. The standard InChI is InChI=1S/C12H14Cl2N2O/c13-9-2-1-8(11(14)5-9)6-15-7-12(17)16-10-3-4-10/h1-2,5,10,15H,3-4,6-7H2,(H,16,17). The van der Waals surface area contributed by atoms with Gasteiger partial charge in [0, 0.05) is 22.6 Å². The number of carbonyl (C=O) groups excluding carboxylic acids is 1. The fraction of sp³-hybridized carbons (Fsp3) is 0.417. The summed E-state index contributed by atoms with van der Waals surface area (Å²) in [4.78, 5) is 11.4. The number of rotatable bonds is 5. The zero-order valence-electron chi connectivity index (χ0n) is 9.30. The second-order valence-corrected chi connectivity index (χ2v) is 5.02. The Hall–Kier alpha value is -0.770. The minimum Gasteiger partial charge on any atom is -0.352 e. The van der Waals surface area contributed by atoms with Crippen molar-refractivity contribution >= 4 is 29.1 Å². The molecule has 1 saturated carbocycles. The number of hydrogen-bond acceptors (Lipinski definition) is 2. The lowest BCUT2D eigenvalue weighted by Crippen LogP contribution is -2.34. The third-order valence-electron chi connectivity index (χ3n) is 2.56. The first-order chi connectivity index (χ1) is 8.15. The Morgan fingerprint density at radius 3 is 2.76 bits per heavy atom. The van der Waals surface area contributed by atoms with Gasteiger partial charge in [-0.25, -0.2) is 0 Å². The lowest BCUT2D eigenvalue weighted by Gasteiger charge is -2.07. The molecule has 1 fully saturated rings. The van der Waals surface area contributed by atoms with E-state index in [1.807, 2.05) is 6.07 Å². The minimum atomic E-state index is 0.0394. The smallest absolute Gasteiger partial charge is 0.234 e. The maximum absolute atomic E-state index is 11.4. The van der Waals surface area contributed by atoms with Crippen molar-refractivity contribution in [2.45, 2.75) is 25.4 Å². The third-order valence-corrected chi connectivity index (χ3v) is 3.15. The van der Waals surface area contributed by atoms with E-state index in [2.05, 4.69) is 10.6 Å². The fourth-order valence-electron chi connectivity index (χ4n) is 1.48. The highest BCUT2D eigenvalue weighted by Crippen LogP contribution is 2.20. The normalized spacial score (nSPS) is 14.7. The summed E-state index contributed by atoms with van der Waals surface area (Å²) in [6, 6.07) is 5.75. The molecule has 1 amide bonds. The van der Waals surface area contributed by atoms with Gasteiger partial charge in [-0.05, 0) is 30.5 Å². The average molecular weight is 273 g/mol. The van der Waals surface area contributed by atoms with Crippen molar-refractivity contribution in [1.29, 1.82) is 0 Å². The van der Waals surface area contributed by atoms with E-state index in [1.54, 1.807) is 12.1 Å². The molecule has 1 aliphatic carbocycles. The molecule has 2 N–H and O–H groups in total. The van der Waals surface area contributed by atoms with E-state index in [9.17, 15) is 4.79 Å². The largest absolute Gasteiger partial charge is 0.352 e. The molecule has 0 unspecified atom stereocenters. The summed E-state index contributed by atoms with van der Waals surface area (Å²) >= 11 is 11.8. The summed E-state index contributed by atoms with van der Waals surface area (Å²) in [5.74, 6) is 0.0394. The van der Waals surface area contributed by atoms with Crippen LogP contribution in [0.3, 0.4) is 0 Å². The predicted molar refractivity (Wildman–Crippen MR) is 69.3 cm³/mol. The topological polar surface area (TPSA) is 41.1 Å². The van der Waals surface area contributed by atoms with Gasteiger partial charge in [-0.2, -0.15) is 0 Å². The number of nitrogens with one attached hydrogen (secondary N) is 2. The van der Waals surface area contributed by atoms with Crippen LogP contribution in [0, 0.1) is 0 Å². The van der Waals surface area contributed by atoms with Crippen LogP contribution >= 0.6 is 23.2 Å². The summed E-state index contributed by atoms with van der Waals surface area (Å²) in [7, 11) is 0. The molecule has 5 heteroatoms. The molecule has 0 aliphatic heterocycles. The van der Waals surface area contributed by atoms with E-state index >= 15 is 0 Å². The Kier molecular flexibility index (Phi) is 4.26. The third kappa shape index (κ3) is 4.19. The average Bonchev–Trinajstić information content (AvgIpc) is 3.05. The van der Waals surface area contributed by atoms with Gasteiger partial charge in [-0.1, -0.05) is 29.3 Å². The molecule has 92 valence electrons. The monoisotopic (exact) mass is 272 g/mol. The number of benzene rings is 1. The van der Waals surface area contributed by atoms with Crippen molar-refractivity contribution in [3.8, 4) is 0 Å². The molecule has 2 rings (SSSR count). The second-order valence-electron chi connectivity index (χ2n) is 4.18. The first-order valence-electron chi connectivity index (χ1n) is 5.59. The lowest BCUT2D eigenvalue weighted by molar-refractivity contribution is -0.120. The minimum absolute atomic E-state index is 0.0394. The van der Waals surface area contributed by atoms with Crippen molar-refractivity contribution < 1.29 is 4.79 Å². The molecule has 0 bridgehead atoms. The van der Waals surface area contributed by atoms with Gasteiger partial charge in [-0.15, -0.1) is 0 Å². The molecular formula is C12H14Cl2N2O. The van der Waals surface area contributed by atoms with E-state index in [1.165, 1.54) is 0 Å². The van der Waals surface area contributed by atoms with E-state index in [-0.39, 0.29) is 5.91 Å². The van der Waals surface area contributed by atoms with E-state index < -0.39 is 0 Å². The summed E-state index contributed by atoms with van der Waals surface area (Å²) < 4.78 is 0. The molecule has 0 heterocycles. The summed E-state index contributed by atoms with van der Waals surface area (Å²) in [6.45, 7) is 0.879. The molecule has 3 nitrogen and oxygen atoms in total. The maximum Gasteiger partial charge on any atom is 0.234 e. The molecule has 0 spiro atoms. The van der Waals surface area contributed by atoms with Crippen LogP contribution in [-0.4, -0.2) is 18.5 Å².